The van der Waals surface area contributed by atoms with Crippen LogP contribution in [-0.2, 0) is 29.1 Å². The molecule has 0 spiro atoms. The van der Waals surface area contributed by atoms with Crippen molar-refractivity contribution in [3.05, 3.63) is 107 Å². The van der Waals surface area contributed by atoms with Crippen molar-refractivity contribution in [2.45, 2.75) is 58.0 Å². The summed E-state index contributed by atoms with van der Waals surface area (Å²) < 4.78 is 18.9. The van der Waals surface area contributed by atoms with Crippen LogP contribution in [0.15, 0.2) is 84.9 Å². The molecule has 204 valence electrons. The molecule has 1 aliphatic heterocycles. The molecular weight excluding hydrogens is 549 g/mol. The zero-order valence-corrected chi connectivity index (χ0v) is 26.8. The molecule has 4 aromatic rings. The van der Waals surface area contributed by atoms with E-state index in [4.69, 9.17) is 9.47 Å². The van der Waals surface area contributed by atoms with E-state index < -0.39 is 13.3 Å². The Labute approximate surface area is 243 Å². The molecular formula is C37H40GeO2. The standard InChI is InChI=1S/C37H40GeO2/c1-7-16-29-31(25-39-5)32(26-40-6)34(28-19-12-9-13-20-28)36-35(29)30-21-14-15-22-33(30)38(36,37(2,3)4)24-23-27-17-10-8-11-18-27/h8-15,17-22H,7,16,25-26H2,1-6H3/t38-/m0/s1. The average Bonchev–Trinajstić information content (AvgIpc) is 3.26. The van der Waals surface area contributed by atoms with Gasteiger partial charge in [0.15, 0.2) is 0 Å². The minimum absolute atomic E-state index is 0.0245. The van der Waals surface area contributed by atoms with Gasteiger partial charge < -0.3 is 0 Å². The molecule has 0 N–H and O–H groups in total. The van der Waals surface area contributed by atoms with Crippen LogP contribution in [0.3, 0.4) is 0 Å². The average molecular weight is 589 g/mol. The molecule has 5 rings (SSSR count). The third-order valence-electron chi connectivity index (χ3n) is 8.24. The van der Waals surface area contributed by atoms with Crippen molar-refractivity contribution < 1.29 is 9.47 Å². The van der Waals surface area contributed by atoms with Gasteiger partial charge in [0.2, 0.25) is 0 Å². The van der Waals surface area contributed by atoms with Crippen molar-refractivity contribution in [1.29, 1.82) is 0 Å². The van der Waals surface area contributed by atoms with Crippen molar-refractivity contribution in [2.24, 2.45) is 0 Å². The summed E-state index contributed by atoms with van der Waals surface area (Å²) in [4.78, 5) is 0. The summed E-state index contributed by atoms with van der Waals surface area (Å²) in [6.07, 6.45) is 2.06. The summed E-state index contributed by atoms with van der Waals surface area (Å²) in [6, 6.07) is 30.6. The van der Waals surface area contributed by atoms with Crippen LogP contribution in [0.5, 0.6) is 0 Å². The van der Waals surface area contributed by atoms with E-state index in [1.807, 2.05) is 0 Å². The van der Waals surface area contributed by atoms with Gasteiger partial charge in [-0.15, -0.1) is 0 Å². The molecule has 1 heterocycles. The first-order valence-corrected chi connectivity index (χ1v) is 18.5. The van der Waals surface area contributed by atoms with Crippen LogP contribution in [0.2, 0.25) is 4.25 Å². The number of ether oxygens (including phenoxy) is 2. The molecule has 0 aliphatic carbocycles. The molecule has 0 saturated carbocycles. The fraction of sp³-hybridized carbons (Fsp3) is 0.297. The Morgan fingerprint density at radius 1 is 0.700 bits per heavy atom. The van der Waals surface area contributed by atoms with Gasteiger partial charge in [-0.2, -0.15) is 0 Å². The van der Waals surface area contributed by atoms with Gasteiger partial charge in [0.1, 0.15) is 0 Å². The van der Waals surface area contributed by atoms with E-state index in [0.29, 0.717) is 13.2 Å². The van der Waals surface area contributed by atoms with E-state index in [9.17, 15) is 0 Å². The molecule has 1 aliphatic rings. The zero-order chi connectivity index (χ0) is 28.3. The van der Waals surface area contributed by atoms with Crippen LogP contribution in [-0.4, -0.2) is 27.5 Å². The fourth-order valence-corrected chi connectivity index (χ4v) is 17.3. The molecule has 4 aromatic carbocycles. The maximum absolute atomic E-state index is 5.96. The zero-order valence-electron chi connectivity index (χ0n) is 24.7. The maximum atomic E-state index is 5.96. The summed E-state index contributed by atoms with van der Waals surface area (Å²) >= 11 is -3.47. The summed E-state index contributed by atoms with van der Waals surface area (Å²) in [5.74, 6) is 3.71. The van der Waals surface area contributed by atoms with Gasteiger partial charge in [-0.1, -0.05) is 0 Å². The first-order valence-electron chi connectivity index (χ1n) is 14.3. The van der Waals surface area contributed by atoms with Crippen molar-refractivity contribution in [2.75, 3.05) is 14.2 Å². The van der Waals surface area contributed by atoms with Crippen LogP contribution in [0, 0.1) is 10.7 Å². The van der Waals surface area contributed by atoms with E-state index >= 15 is 0 Å². The van der Waals surface area contributed by atoms with Crippen LogP contribution in [0.25, 0.3) is 22.3 Å². The Bertz CT molecular complexity index is 1560. The monoisotopic (exact) mass is 590 g/mol. The Balaban J connectivity index is 2.05. The number of rotatable bonds is 7. The molecule has 0 unspecified atom stereocenters. The summed E-state index contributed by atoms with van der Waals surface area (Å²) in [6.45, 7) is 10.6. The molecule has 2 nitrogen and oxygen atoms in total. The normalized spacial score (nSPS) is 15.8. The van der Waals surface area contributed by atoms with E-state index in [2.05, 4.69) is 123 Å². The van der Waals surface area contributed by atoms with Crippen molar-refractivity contribution in [3.8, 4) is 32.9 Å². The van der Waals surface area contributed by atoms with E-state index in [-0.39, 0.29) is 4.25 Å². The molecule has 0 radical (unpaired) electrons. The van der Waals surface area contributed by atoms with Gasteiger partial charge in [-0.05, 0) is 0 Å². The molecule has 3 heteroatoms. The Kier molecular flexibility index (Phi) is 8.38. The predicted molar refractivity (Wildman–Crippen MR) is 171 cm³/mol. The topological polar surface area (TPSA) is 18.5 Å². The van der Waals surface area contributed by atoms with Crippen LogP contribution in [0.4, 0.5) is 0 Å². The molecule has 0 bridgehead atoms. The quantitative estimate of drug-likeness (QED) is 0.164. The molecule has 1 atom stereocenters. The molecule has 0 amide bonds. The predicted octanol–water partition coefficient (Wildman–Crippen LogP) is 7.53. The van der Waals surface area contributed by atoms with Gasteiger partial charge in [0, 0.05) is 0 Å². The summed E-state index contributed by atoms with van der Waals surface area (Å²) in [7, 11) is 3.61. The number of hydrogen-bond donors (Lipinski definition) is 0. The van der Waals surface area contributed by atoms with Crippen molar-refractivity contribution in [3.63, 3.8) is 0 Å². The first-order chi connectivity index (χ1) is 19.4. The molecule has 0 aromatic heterocycles. The molecule has 40 heavy (non-hydrogen) atoms. The third kappa shape index (κ3) is 4.75. The van der Waals surface area contributed by atoms with Gasteiger partial charge in [-0.3, -0.25) is 0 Å². The SMILES string of the molecule is CCCc1c(COC)c(COC)c(-c2ccccc2)[c]2c1-c1cccc[c]1[Ge@]2([C]#Cc1ccccc1)[C](C)(C)C. The second-order valence-electron chi connectivity index (χ2n) is 11.7. The fourth-order valence-electron chi connectivity index (χ4n) is 6.60. The molecule has 0 fully saturated rings. The van der Waals surface area contributed by atoms with Crippen LogP contribution in [0.1, 0.15) is 56.4 Å². The number of hydrogen-bond acceptors (Lipinski definition) is 2. The van der Waals surface area contributed by atoms with Crippen LogP contribution < -0.4 is 8.79 Å². The number of fused-ring (bicyclic) bond motifs is 3. The van der Waals surface area contributed by atoms with Crippen molar-refractivity contribution >= 4 is 22.1 Å². The second kappa shape index (κ2) is 11.8. The summed E-state index contributed by atoms with van der Waals surface area (Å²) in [5, 5.41) is 0. The van der Waals surface area contributed by atoms with Crippen LogP contribution >= 0.6 is 0 Å². The van der Waals surface area contributed by atoms with E-state index in [0.717, 1.165) is 18.4 Å². The van der Waals surface area contributed by atoms with Gasteiger partial charge in [0.25, 0.3) is 0 Å². The summed E-state index contributed by atoms with van der Waals surface area (Å²) in [5.41, 5.74) is 10.4. The van der Waals surface area contributed by atoms with Gasteiger partial charge in [-0.25, -0.2) is 0 Å². The Morgan fingerprint density at radius 3 is 1.93 bits per heavy atom. The first kappa shape index (κ1) is 28.4. The second-order valence-corrected chi connectivity index (χ2v) is 20.7. The number of benzene rings is 4. The van der Waals surface area contributed by atoms with E-state index in [1.54, 1.807) is 14.2 Å². The Hall–Kier alpha value is -3.10. The van der Waals surface area contributed by atoms with Gasteiger partial charge >= 0.3 is 244 Å². The molecule has 0 saturated heterocycles. The van der Waals surface area contributed by atoms with E-state index in [1.165, 1.54) is 47.7 Å². The number of methoxy groups -OCH3 is 2. The minimum atomic E-state index is -3.47. The van der Waals surface area contributed by atoms with Crippen molar-refractivity contribution in [1.82, 2.24) is 0 Å². The Morgan fingerprint density at radius 2 is 1.30 bits per heavy atom. The van der Waals surface area contributed by atoms with Gasteiger partial charge in [0.05, 0.1) is 0 Å². The third-order valence-corrected chi connectivity index (χ3v) is 19.2.